The largest absolute Gasteiger partial charge is 0.497 e. The van der Waals surface area contributed by atoms with E-state index in [9.17, 15) is 4.79 Å². The Hall–Kier alpha value is -4.39. The van der Waals surface area contributed by atoms with Crippen molar-refractivity contribution in [1.82, 2.24) is 20.4 Å². The molecule has 4 aromatic rings. The Morgan fingerprint density at radius 2 is 1.67 bits per heavy atom. The highest BCUT2D eigenvalue weighted by molar-refractivity contribution is 5.87. The molecule has 1 aliphatic heterocycles. The average Bonchev–Trinajstić information content (AvgIpc) is 3.41. The van der Waals surface area contributed by atoms with E-state index in [1.807, 2.05) is 61.5 Å². The van der Waals surface area contributed by atoms with Crippen molar-refractivity contribution >= 4 is 11.6 Å². The molecule has 0 saturated carbocycles. The number of benzene rings is 3. The number of urea groups is 1. The quantitative estimate of drug-likeness (QED) is 0.351. The molecule has 1 N–H and O–H groups in total. The van der Waals surface area contributed by atoms with Gasteiger partial charge in [0.05, 0.1) is 25.3 Å². The zero-order valence-electron chi connectivity index (χ0n) is 20.6. The van der Waals surface area contributed by atoms with Crippen molar-refractivity contribution in [3.63, 3.8) is 0 Å². The zero-order chi connectivity index (χ0) is 25.1. The van der Waals surface area contributed by atoms with E-state index in [4.69, 9.17) is 14.2 Å². The molecule has 0 aliphatic carbocycles. The number of amides is 2. The van der Waals surface area contributed by atoms with Gasteiger partial charge < -0.3 is 14.6 Å². The number of carbonyl (C=O) groups excluding carboxylic acids is 1. The van der Waals surface area contributed by atoms with Crippen molar-refractivity contribution in [2.45, 2.75) is 32.9 Å². The normalized spacial score (nSPS) is 15.7. The highest BCUT2D eigenvalue weighted by Crippen LogP contribution is 2.38. The molecule has 5 rings (SSSR count). The van der Waals surface area contributed by atoms with E-state index in [2.05, 4.69) is 41.7 Å². The third kappa shape index (κ3) is 4.60. The zero-order valence-corrected chi connectivity index (χ0v) is 20.6. The lowest BCUT2D eigenvalue weighted by atomic mass is 9.94. The van der Waals surface area contributed by atoms with Gasteiger partial charge in [0.25, 0.3) is 5.89 Å². The number of nitrogens with zero attached hydrogens (tertiary/aromatic N) is 3. The minimum atomic E-state index is -0.453. The molecule has 0 saturated heterocycles. The summed E-state index contributed by atoms with van der Waals surface area (Å²) < 4.78 is 11.1. The molecule has 7 nitrogen and oxygen atoms in total. The molecule has 36 heavy (non-hydrogen) atoms. The third-order valence-corrected chi connectivity index (χ3v) is 6.51. The summed E-state index contributed by atoms with van der Waals surface area (Å²) >= 11 is 0. The molecule has 1 unspecified atom stereocenters. The monoisotopic (exact) mass is 480 g/mol. The Kier molecular flexibility index (Phi) is 6.54. The lowest BCUT2D eigenvalue weighted by molar-refractivity contribution is 0.203. The number of aromatic nitrogens is 2. The van der Waals surface area contributed by atoms with Gasteiger partial charge in [-0.2, -0.15) is 4.98 Å². The summed E-state index contributed by atoms with van der Waals surface area (Å²) in [7, 11) is 1.63. The van der Waals surface area contributed by atoms with Crippen LogP contribution in [-0.4, -0.2) is 28.2 Å². The maximum atomic E-state index is 13.3. The standard InChI is InChI=1S/C29H28N4O3/c1-4-20-10-12-21(13-11-20)18-33-19(2)25(28-31-27(32-36-28)23-8-6-5-7-9-23)26(30-29(33)34)22-14-16-24(35-3)17-15-22/h5-17,26H,4,18H2,1-3H3,(H,30,34). The second kappa shape index (κ2) is 10.1. The molecule has 1 atom stereocenters. The van der Waals surface area contributed by atoms with Crippen molar-refractivity contribution in [3.8, 4) is 17.1 Å². The fourth-order valence-electron chi connectivity index (χ4n) is 4.40. The number of allylic oxidation sites excluding steroid dienone is 1. The molecule has 7 heteroatoms. The molecule has 0 spiro atoms. The van der Waals surface area contributed by atoms with Gasteiger partial charge in [-0.3, -0.25) is 4.90 Å². The van der Waals surface area contributed by atoms with Gasteiger partial charge in [0.1, 0.15) is 5.75 Å². The van der Waals surface area contributed by atoms with E-state index in [0.717, 1.165) is 40.1 Å². The number of hydrogen-bond acceptors (Lipinski definition) is 5. The Morgan fingerprint density at radius 3 is 2.33 bits per heavy atom. The van der Waals surface area contributed by atoms with Crippen molar-refractivity contribution in [2.75, 3.05) is 7.11 Å². The van der Waals surface area contributed by atoms with E-state index >= 15 is 0 Å². The number of carbonyl (C=O) groups is 1. The van der Waals surface area contributed by atoms with Gasteiger partial charge in [0.2, 0.25) is 5.82 Å². The predicted molar refractivity (Wildman–Crippen MR) is 138 cm³/mol. The Labute approximate surface area is 210 Å². The van der Waals surface area contributed by atoms with Gasteiger partial charge in [-0.25, -0.2) is 4.79 Å². The molecule has 0 bridgehead atoms. The maximum Gasteiger partial charge on any atom is 0.322 e. The van der Waals surface area contributed by atoms with Crippen LogP contribution in [0.2, 0.25) is 0 Å². The van der Waals surface area contributed by atoms with E-state index in [0.29, 0.717) is 18.3 Å². The molecule has 2 heterocycles. The van der Waals surface area contributed by atoms with E-state index in [1.54, 1.807) is 12.0 Å². The van der Waals surface area contributed by atoms with Crippen molar-refractivity contribution in [3.05, 3.63) is 107 Å². The van der Waals surface area contributed by atoms with Crippen LogP contribution in [0.5, 0.6) is 5.75 Å². The number of ether oxygens (including phenoxy) is 1. The minimum Gasteiger partial charge on any atom is -0.497 e. The van der Waals surface area contributed by atoms with Gasteiger partial charge in [-0.15, -0.1) is 0 Å². The summed E-state index contributed by atoms with van der Waals surface area (Å²) in [5.74, 6) is 1.61. The average molecular weight is 481 g/mol. The van der Waals surface area contributed by atoms with Gasteiger partial charge in [-0.05, 0) is 42.2 Å². The predicted octanol–water partition coefficient (Wildman–Crippen LogP) is 6.01. The first-order valence-electron chi connectivity index (χ1n) is 12.0. The number of rotatable bonds is 7. The number of nitrogens with one attached hydrogen (secondary N) is 1. The molecule has 1 aromatic heterocycles. The molecule has 3 aromatic carbocycles. The first kappa shape index (κ1) is 23.4. The van der Waals surface area contributed by atoms with Crippen LogP contribution in [0.3, 0.4) is 0 Å². The van der Waals surface area contributed by atoms with Crippen LogP contribution in [0, 0.1) is 0 Å². The fourth-order valence-corrected chi connectivity index (χ4v) is 4.40. The number of methoxy groups -OCH3 is 1. The molecule has 0 fully saturated rings. The molecular weight excluding hydrogens is 452 g/mol. The van der Waals surface area contributed by atoms with Crippen LogP contribution in [0.15, 0.2) is 89.1 Å². The number of aryl methyl sites for hydroxylation is 1. The SMILES string of the molecule is CCc1ccc(CN2C(=O)NC(c3ccc(OC)cc3)C(c3nc(-c4ccccc4)no3)=C2C)cc1. The lowest BCUT2D eigenvalue weighted by Gasteiger charge is -2.35. The molecule has 182 valence electrons. The third-order valence-electron chi connectivity index (χ3n) is 6.51. The molecule has 2 amide bonds. The maximum absolute atomic E-state index is 13.3. The summed E-state index contributed by atoms with van der Waals surface area (Å²) in [6, 6.07) is 25.0. The summed E-state index contributed by atoms with van der Waals surface area (Å²) in [4.78, 5) is 19.8. The van der Waals surface area contributed by atoms with Crippen molar-refractivity contribution in [2.24, 2.45) is 0 Å². The van der Waals surface area contributed by atoms with E-state index in [-0.39, 0.29) is 6.03 Å². The summed E-state index contributed by atoms with van der Waals surface area (Å²) in [5.41, 5.74) is 5.58. The molecule has 0 radical (unpaired) electrons. The van der Waals surface area contributed by atoms with Crippen LogP contribution in [0.1, 0.15) is 42.5 Å². The highest BCUT2D eigenvalue weighted by atomic mass is 16.5. The first-order valence-corrected chi connectivity index (χ1v) is 12.0. The minimum absolute atomic E-state index is 0.181. The van der Waals surface area contributed by atoms with Gasteiger partial charge in [0.15, 0.2) is 0 Å². The van der Waals surface area contributed by atoms with Crippen LogP contribution in [-0.2, 0) is 13.0 Å². The lowest BCUT2D eigenvalue weighted by Crippen LogP contribution is -2.45. The van der Waals surface area contributed by atoms with Gasteiger partial charge >= 0.3 is 6.03 Å². The molecule has 1 aliphatic rings. The second-order valence-electron chi connectivity index (χ2n) is 8.70. The first-order chi connectivity index (χ1) is 17.6. The van der Waals surface area contributed by atoms with Crippen molar-refractivity contribution < 1.29 is 14.1 Å². The smallest absolute Gasteiger partial charge is 0.322 e. The fraction of sp³-hybridized carbons (Fsp3) is 0.207. The number of hydrogen-bond donors (Lipinski definition) is 1. The van der Waals surface area contributed by atoms with Crippen LogP contribution < -0.4 is 10.1 Å². The molecular formula is C29H28N4O3. The van der Waals surface area contributed by atoms with Crippen LogP contribution in [0.4, 0.5) is 4.79 Å². The summed E-state index contributed by atoms with van der Waals surface area (Å²) in [5, 5.41) is 7.38. The Bertz CT molecular complexity index is 1380. The topological polar surface area (TPSA) is 80.5 Å². The van der Waals surface area contributed by atoms with Crippen LogP contribution >= 0.6 is 0 Å². The van der Waals surface area contributed by atoms with Gasteiger partial charge in [0, 0.05) is 11.3 Å². The second-order valence-corrected chi connectivity index (χ2v) is 8.70. The van der Waals surface area contributed by atoms with Crippen LogP contribution in [0.25, 0.3) is 17.0 Å². The van der Waals surface area contributed by atoms with Crippen molar-refractivity contribution in [1.29, 1.82) is 0 Å². The summed E-state index contributed by atoms with van der Waals surface area (Å²) in [6.07, 6.45) is 0.970. The van der Waals surface area contributed by atoms with Gasteiger partial charge in [-0.1, -0.05) is 78.8 Å². The van der Waals surface area contributed by atoms with E-state index < -0.39 is 6.04 Å². The Balaban J connectivity index is 1.57. The summed E-state index contributed by atoms with van der Waals surface area (Å²) in [6.45, 7) is 4.48. The highest BCUT2D eigenvalue weighted by Gasteiger charge is 2.35. The van der Waals surface area contributed by atoms with E-state index in [1.165, 1.54) is 5.56 Å². The Morgan fingerprint density at radius 1 is 0.972 bits per heavy atom.